The van der Waals surface area contributed by atoms with Crippen molar-refractivity contribution in [1.29, 1.82) is 0 Å². The maximum atomic E-state index is 12.2. The molecule has 1 aliphatic heterocycles. The lowest BCUT2D eigenvalue weighted by Gasteiger charge is -2.33. The van der Waals surface area contributed by atoms with Gasteiger partial charge in [0.2, 0.25) is 0 Å². The molecule has 0 radical (unpaired) electrons. The summed E-state index contributed by atoms with van der Waals surface area (Å²) in [5.41, 5.74) is 3.54. The number of aryl methyl sites for hydroxylation is 1. The summed E-state index contributed by atoms with van der Waals surface area (Å²) in [4.78, 5) is 14.6. The van der Waals surface area contributed by atoms with Gasteiger partial charge in [-0.2, -0.15) is 0 Å². The molecule has 4 nitrogen and oxygen atoms in total. The van der Waals surface area contributed by atoms with Crippen LogP contribution in [-0.2, 0) is 4.79 Å². The van der Waals surface area contributed by atoms with E-state index in [-0.39, 0.29) is 18.6 Å². The lowest BCUT2D eigenvalue weighted by molar-refractivity contribution is -0.123. The molecule has 2 aromatic rings. The second kappa shape index (κ2) is 8.94. The zero-order chi connectivity index (χ0) is 19.2. The Labute approximate surface area is 162 Å². The lowest BCUT2D eigenvalue weighted by Crippen LogP contribution is -2.34. The first kappa shape index (κ1) is 19.3. The minimum absolute atomic E-state index is 0.0250. The van der Waals surface area contributed by atoms with Crippen molar-refractivity contribution in [3.63, 3.8) is 0 Å². The smallest absolute Gasteiger partial charge is 0.258 e. The van der Waals surface area contributed by atoms with Crippen LogP contribution in [0.4, 0.5) is 5.69 Å². The van der Waals surface area contributed by atoms with Gasteiger partial charge in [-0.3, -0.25) is 4.79 Å². The Hall–Kier alpha value is -2.49. The molecule has 0 aliphatic carbocycles. The van der Waals surface area contributed by atoms with Gasteiger partial charge in [0, 0.05) is 18.8 Å². The summed E-state index contributed by atoms with van der Waals surface area (Å²) in [5.74, 6) is 1.35. The summed E-state index contributed by atoms with van der Waals surface area (Å²) in [6.45, 7) is 8.62. The maximum absolute atomic E-state index is 12.2. The van der Waals surface area contributed by atoms with Crippen LogP contribution in [0.2, 0.25) is 0 Å². The third-order valence-electron chi connectivity index (χ3n) is 5.18. The molecule has 0 saturated carbocycles. The van der Waals surface area contributed by atoms with Gasteiger partial charge in [-0.1, -0.05) is 36.8 Å². The zero-order valence-corrected chi connectivity index (χ0v) is 16.6. The van der Waals surface area contributed by atoms with E-state index in [0.29, 0.717) is 5.75 Å². The van der Waals surface area contributed by atoms with Gasteiger partial charge in [-0.15, -0.1) is 0 Å². The molecule has 27 heavy (non-hydrogen) atoms. The second-order valence-corrected chi connectivity index (χ2v) is 7.68. The van der Waals surface area contributed by atoms with E-state index < -0.39 is 0 Å². The highest BCUT2D eigenvalue weighted by atomic mass is 16.5. The summed E-state index contributed by atoms with van der Waals surface area (Å²) >= 11 is 0. The number of amides is 1. The summed E-state index contributed by atoms with van der Waals surface area (Å²) in [6, 6.07) is 16.2. The van der Waals surface area contributed by atoms with E-state index >= 15 is 0 Å². The van der Waals surface area contributed by atoms with Gasteiger partial charge < -0.3 is 15.0 Å². The van der Waals surface area contributed by atoms with Crippen LogP contribution in [0.15, 0.2) is 48.5 Å². The van der Waals surface area contributed by atoms with Crippen molar-refractivity contribution in [2.45, 2.75) is 39.7 Å². The van der Waals surface area contributed by atoms with Crippen LogP contribution in [0, 0.1) is 12.8 Å². The molecule has 3 rings (SSSR count). The van der Waals surface area contributed by atoms with Gasteiger partial charge in [0.1, 0.15) is 5.75 Å². The quantitative estimate of drug-likeness (QED) is 0.819. The molecule has 1 heterocycles. The fourth-order valence-corrected chi connectivity index (χ4v) is 3.55. The number of hydrogen-bond donors (Lipinski definition) is 1. The van der Waals surface area contributed by atoms with Crippen LogP contribution in [0.3, 0.4) is 0 Å². The number of carbonyl (C=O) groups excluding carboxylic acids is 1. The number of rotatable bonds is 6. The lowest BCUT2D eigenvalue weighted by atomic mass is 9.99. The molecule has 2 unspecified atom stereocenters. The van der Waals surface area contributed by atoms with Gasteiger partial charge in [-0.05, 0) is 62.4 Å². The number of ether oxygens (including phenoxy) is 1. The topological polar surface area (TPSA) is 41.6 Å². The Morgan fingerprint density at radius 1 is 1.19 bits per heavy atom. The highest BCUT2D eigenvalue weighted by Crippen LogP contribution is 2.24. The number of nitrogens with one attached hydrogen (secondary N) is 1. The molecular weight excluding hydrogens is 336 g/mol. The molecule has 0 aromatic heterocycles. The zero-order valence-electron chi connectivity index (χ0n) is 16.6. The fraction of sp³-hybridized carbons (Fsp3) is 0.435. The highest BCUT2D eigenvalue weighted by Gasteiger charge is 2.17. The summed E-state index contributed by atoms with van der Waals surface area (Å²) < 4.78 is 5.55. The van der Waals surface area contributed by atoms with E-state index in [9.17, 15) is 4.79 Å². The van der Waals surface area contributed by atoms with Crippen LogP contribution in [-0.4, -0.2) is 25.6 Å². The SMILES string of the molecule is Cc1ccc(OCC(=O)NC(C)c2ccc(N3CCCC(C)C3)cc2)cc1. The van der Waals surface area contributed by atoms with Gasteiger partial charge in [-0.25, -0.2) is 0 Å². The number of hydrogen-bond acceptors (Lipinski definition) is 3. The highest BCUT2D eigenvalue weighted by molar-refractivity contribution is 5.78. The van der Waals surface area contributed by atoms with Crippen molar-refractivity contribution in [2.24, 2.45) is 5.92 Å². The predicted molar refractivity (Wildman–Crippen MR) is 110 cm³/mol. The van der Waals surface area contributed by atoms with Crippen molar-refractivity contribution in [2.75, 3.05) is 24.6 Å². The van der Waals surface area contributed by atoms with Gasteiger partial charge in [0.05, 0.1) is 6.04 Å². The van der Waals surface area contributed by atoms with Gasteiger partial charge >= 0.3 is 0 Å². The number of carbonyl (C=O) groups is 1. The Morgan fingerprint density at radius 2 is 1.89 bits per heavy atom. The van der Waals surface area contributed by atoms with Crippen molar-refractivity contribution in [1.82, 2.24) is 5.32 Å². The van der Waals surface area contributed by atoms with Gasteiger partial charge in [0.15, 0.2) is 6.61 Å². The molecule has 1 fully saturated rings. The average Bonchev–Trinajstić information content (AvgIpc) is 2.67. The number of anilines is 1. The van der Waals surface area contributed by atoms with Crippen LogP contribution >= 0.6 is 0 Å². The fourth-order valence-electron chi connectivity index (χ4n) is 3.55. The molecule has 1 N–H and O–H groups in total. The molecule has 1 amide bonds. The standard InChI is InChI=1S/C23H30N2O2/c1-17-6-12-22(13-7-17)27-16-23(26)24-19(3)20-8-10-21(11-9-20)25-14-4-5-18(2)15-25/h6-13,18-19H,4-5,14-16H2,1-3H3,(H,24,26). The molecule has 144 valence electrons. The third-order valence-corrected chi connectivity index (χ3v) is 5.18. The molecule has 2 atom stereocenters. The predicted octanol–water partition coefficient (Wildman–Crippen LogP) is 4.49. The molecule has 4 heteroatoms. The minimum atomic E-state index is -0.114. The van der Waals surface area contributed by atoms with Crippen molar-refractivity contribution in [3.8, 4) is 5.75 Å². The number of piperidine rings is 1. The van der Waals surface area contributed by atoms with E-state index in [1.807, 2.05) is 38.1 Å². The second-order valence-electron chi connectivity index (χ2n) is 7.68. The largest absolute Gasteiger partial charge is 0.484 e. The van der Waals surface area contributed by atoms with E-state index in [4.69, 9.17) is 4.74 Å². The molecule has 2 aromatic carbocycles. The molecular formula is C23H30N2O2. The van der Waals surface area contributed by atoms with E-state index in [1.165, 1.54) is 24.1 Å². The Balaban J connectivity index is 1.50. The molecule has 0 bridgehead atoms. The van der Waals surface area contributed by atoms with Crippen LogP contribution < -0.4 is 15.0 Å². The van der Waals surface area contributed by atoms with Crippen LogP contribution in [0.5, 0.6) is 5.75 Å². The first-order valence-electron chi connectivity index (χ1n) is 9.85. The van der Waals surface area contributed by atoms with Crippen molar-refractivity contribution < 1.29 is 9.53 Å². The Kier molecular flexibility index (Phi) is 6.38. The normalized spacial score (nSPS) is 18.0. The summed E-state index contributed by atoms with van der Waals surface area (Å²) in [6.07, 6.45) is 2.58. The average molecular weight is 367 g/mol. The molecule has 1 saturated heterocycles. The van der Waals surface area contributed by atoms with E-state index in [0.717, 1.165) is 24.6 Å². The number of benzene rings is 2. The molecule has 1 aliphatic rings. The number of nitrogens with zero attached hydrogens (tertiary/aromatic N) is 1. The molecule has 0 spiro atoms. The van der Waals surface area contributed by atoms with Crippen LogP contribution in [0.1, 0.15) is 43.9 Å². The summed E-state index contributed by atoms with van der Waals surface area (Å²) in [7, 11) is 0. The first-order valence-corrected chi connectivity index (χ1v) is 9.85. The van der Waals surface area contributed by atoms with Crippen molar-refractivity contribution >= 4 is 11.6 Å². The third kappa shape index (κ3) is 5.49. The first-order chi connectivity index (χ1) is 13.0. The van der Waals surface area contributed by atoms with Gasteiger partial charge in [0.25, 0.3) is 5.91 Å². The Bertz CT molecular complexity index is 740. The van der Waals surface area contributed by atoms with E-state index in [2.05, 4.69) is 41.4 Å². The summed E-state index contributed by atoms with van der Waals surface area (Å²) in [5, 5.41) is 3.01. The Morgan fingerprint density at radius 3 is 2.56 bits per heavy atom. The van der Waals surface area contributed by atoms with Crippen molar-refractivity contribution in [3.05, 3.63) is 59.7 Å². The maximum Gasteiger partial charge on any atom is 0.258 e. The van der Waals surface area contributed by atoms with Crippen LogP contribution in [0.25, 0.3) is 0 Å². The van der Waals surface area contributed by atoms with E-state index in [1.54, 1.807) is 0 Å². The monoisotopic (exact) mass is 366 g/mol. The minimum Gasteiger partial charge on any atom is -0.484 e.